The lowest BCUT2D eigenvalue weighted by atomic mass is 10.0. The van der Waals surface area contributed by atoms with E-state index in [9.17, 15) is 9.59 Å². The monoisotopic (exact) mass is 254 g/mol. The van der Waals surface area contributed by atoms with E-state index in [1.165, 1.54) is 7.11 Å². The number of aromatic nitrogens is 3. The molecule has 1 atom stereocenters. The van der Waals surface area contributed by atoms with Crippen LogP contribution in [0.15, 0.2) is 12.4 Å². The number of carbonyl (C=O) groups is 2. The van der Waals surface area contributed by atoms with E-state index >= 15 is 0 Å². The predicted octanol–water partition coefficient (Wildman–Crippen LogP) is -0.0180. The SMILES string of the molecule is COC(=O)C(NC(=O)CCn1ccnn1)C(C)C. The van der Waals surface area contributed by atoms with Crippen LogP contribution in [0.1, 0.15) is 20.3 Å². The Bertz CT molecular complexity index is 389. The number of hydrogen-bond donors (Lipinski definition) is 1. The minimum atomic E-state index is -0.613. The highest BCUT2D eigenvalue weighted by Crippen LogP contribution is 2.04. The van der Waals surface area contributed by atoms with E-state index < -0.39 is 12.0 Å². The first kappa shape index (κ1) is 14.1. The van der Waals surface area contributed by atoms with Gasteiger partial charge in [-0.2, -0.15) is 0 Å². The molecule has 0 aliphatic rings. The van der Waals surface area contributed by atoms with E-state index in [1.54, 1.807) is 17.1 Å². The summed E-state index contributed by atoms with van der Waals surface area (Å²) in [6, 6.07) is -0.613. The van der Waals surface area contributed by atoms with E-state index in [1.807, 2.05) is 13.8 Å². The standard InChI is InChI=1S/C11H18N4O3/c1-8(2)10(11(17)18-3)13-9(16)4-6-15-7-5-12-14-15/h5,7-8,10H,4,6H2,1-3H3,(H,13,16). The summed E-state index contributed by atoms with van der Waals surface area (Å²) in [6.45, 7) is 4.12. The number of nitrogens with zero attached hydrogens (tertiary/aromatic N) is 3. The van der Waals surface area contributed by atoms with Gasteiger partial charge in [-0.25, -0.2) is 4.79 Å². The molecule has 7 nitrogen and oxygen atoms in total. The summed E-state index contributed by atoms with van der Waals surface area (Å²) in [5, 5.41) is 10.0. The summed E-state index contributed by atoms with van der Waals surface area (Å²) in [5.41, 5.74) is 0. The predicted molar refractivity (Wildman–Crippen MR) is 63.4 cm³/mol. The van der Waals surface area contributed by atoms with Gasteiger partial charge in [-0.1, -0.05) is 19.1 Å². The molecule has 1 amide bonds. The summed E-state index contributed by atoms with van der Waals surface area (Å²) in [4.78, 5) is 23.2. The first-order valence-electron chi connectivity index (χ1n) is 5.76. The van der Waals surface area contributed by atoms with Crippen LogP contribution in [0.2, 0.25) is 0 Å². The number of amides is 1. The molecular weight excluding hydrogens is 236 g/mol. The van der Waals surface area contributed by atoms with Crippen LogP contribution in [-0.4, -0.2) is 40.0 Å². The summed E-state index contributed by atoms with van der Waals surface area (Å²) in [5.74, 6) is -0.665. The molecule has 1 rings (SSSR count). The Morgan fingerprint density at radius 1 is 1.44 bits per heavy atom. The van der Waals surface area contributed by atoms with Crippen molar-refractivity contribution in [1.82, 2.24) is 20.3 Å². The van der Waals surface area contributed by atoms with Crippen LogP contribution in [0.4, 0.5) is 0 Å². The van der Waals surface area contributed by atoms with Gasteiger partial charge in [0.2, 0.25) is 5.91 Å². The normalized spacial score (nSPS) is 12.2. The van der Waals surface area contributed by atoms with Crippen molar-refractivity contribution in [3.05, 3.63) is 12.4 Å². The Morgan fingerprint density at radius 3 is 2.67 bits per heavy atom. The summed E-state index contributed by atoms with van der Waals surface area (Å²) in [7, 11) is 1.30. The molecule has 0 aliphatic carbocycles. The van der Waals surface area contributed by atoms with Crippen LogP contribution in [0.5, 0.6) is 0 Å². The topological polar surface area (TPSA) is 86.1 Å². The van der Waals surface area contributed by atoms with Crippen LogP contribution < -0.4 is 5.32 Å². The van der Waals surface area contributed by atoms with Crippen molar-refractivity contribution in [2.45, 2.75) is 32.9 Å². The van der Waals surface area contributed by atoms with Gasteiger partial charge in [-0.15, -0.1) is 5.10 Å². The maximum absolute atomic E-state index is 11.7. The largest absolute Gasteiger partial charge is 0.467 e. The number of ether oxygens (including phenoxy) is 1. The molecular formula is C11H18N4O3. The van der Waals surface area contributed by atoms with E-state index in [0.29, 0.717) is 6.54 Å². The molecule has 18 heavy (non-hydrogen) atoms. The van der Waals surface area contributed by atoms with E-state index in [2.05, 4.69) is 20.4 Å². The van der Waals surface area contributed by atoms with Crippen molar-refractivity contribution in [3.63, 3.8) is 0 Å². The van der Waals surface area contributed by atoms with Gasteiger partial charge in [-0.05, 0) is 5.92 Å². The van der Waals surface area contributed by atoms with Crippen molar-refractivity contribution >= 4 is 11.9 Å². The maximum Gasteiger partial charge on any atom is 0.328 e. The van der Waals surface area contributed by atoms with Gasteiger partial charge >= 0.3 is 5.97 Å². The van der Waals surface area contributed by atoms with E-state index in [-0.39, 0.29) is 18.2 Å². The van der Waals surface area contributed by atoms with Crippen molar-refractivity contribution < 1.29 is 14.3 Å². The second kappa shape index (κ2) is 6.73. The molecule has 0 aliphatic heterocycles. The average molecular weight is 254 g/mol. The zero-order valence-electron chi connectivity index (χ0n) is 10.8. The van der Waals surface area contributed by atoms with Gasteiger partial charge in [0.1, 0.15) is 6.04 Å². The lowest BCUT2D eigenvalue weighted by Crippen LogP contribution is -2.45. The Morgan fingerprint density at radius 2 is 2.17 bits per heavy atom. The number of hydrogen-bond acceptors (Lipinski definition) is 5. The number of esters is 1. The van der Waals surface area contributed by atoms with Crippen molar-refractivity contribution in [3.8, 4) is 0 Å². The molecule has 1 N–H and O–H groups in total. The fraction of sp³-hybridized carbons (Fsp3) is 0.636. The molecule has 1 unspecified atom stereocenters. The Kier molecular flexibility index (Phi) is 5.29. The first-order chi connectivity index (χ1) is 8.54. The van der Waals surface area contributed by atoms with E-state index in [4.69, 9.17) is 0 Å². The minimum absolute atomic E-state index is 0.0206. The lowest BCUT2D eigenvalue weighted by molar-refractivity contribution is -0.146. The zero-order valence-corrected chi connectivity index (χ0v) is 10.8. The van der Waals surface area contributed by atoms with Gasteiger partial charge < -0.3 is 10.1 Å². The fourth-order valence-electron chi connectivity index (χ4n) is 1.44. The van der Waals surface area contributed by atoms with Gasteiger partial charge in [-0.3, -0.25) is 9.48 Å². The fourth-order valence-corrected chi connectivity index (χ4v) is 1.44. The maximum atomic E-state index is 11.7. The number of rotatable bonds is 6. The van der Waals surface area contributed by atoms with Crippen LogP contribution >= 0.6 is 0 Å². The Labute approximate surface area is 105 Å². The number of nitrogens with one attached hydrogen (secondary N) is 1. The quantitative estimate of drug-likeness (QED) is 0.721. The van der Waals surface area contributed by atoms with Gasteiger partial charge in [0.15, 0.2) is 0 Å². The summed E-state index contributed by atoms with van der Waals surface area (Å²) < 4.78 is 6.20. The third kappa shape index (κ3) is 4.15. The highest BCUT2D eigenvalue weighted by Gasteiger charge is 2.24. The van der Waals surface area contributed by atoms with E-state index in [0.717, 1.165) is 0 Å². The van der Waals surface area contributed by atoms with Crippen molar-refractivity contribution in [2.24, 2.45) is 5.92 Å². The molecule has 0 saturated carbocycles. The Hall–Kier alpha value is -1.92. The highest BCUT2D eigenvalue weighted by molar-refractivity contribution is 5.84. The van der Waals surface area contributed by atoms with Crippen LogP contribution in [0.25, 0.3) is 0 Å². The third-order valence-corrected chi connectivity index (χ3v) is 2.48. The van der Waals surface area contributed by atoms with Crippen LogP contribution in [0.3, 0.4) is 0 Å². The van der Waals surface area contributed by atoms with Crippen LogP contribution in [0, 0.1) is 5.92 Å². The molecule has 0 saturated heterocycles. The molecule has 100 valence electrons. The minimum Gasteiger partial charge on any atom is -0.467 e. The smallest absolute Gasteiger partial charge is 0.328 e. The molecule has 0 spiro atoms. The van der Waals surface area contributed by atoms with Crippen molar-refractivity contribution in [1.29, 1.82) is 0 Å². The zero-order chi connectivity index (χ0) is 13.5. The molecule has 0 aromatic carbocycles. The van der Waals surface area contributed by atoms with Gasteiger partial charge in [0, 0.05) is 12.6 Å². The molecule has 0 bridgehead atoms. The lowest BCUT2D eigenvalue weighted by Gasteiger charge is -2.19. The molecule has 7 heteroatoms. The second-order valence-corrected chi connectivity index (χ2v) is 4.23. The molecule has 1 aromatic rings. The number of aryl methyl sites for hydroxylation is 1. The molecule has 1 heterocycles. The third-order valence-electron chi connectivity index (χ3n) is 2.48. The number of carbonyl (C=O) groups excluding carboxylic acids is 2. The first-order valence-corrected chi connectivity index (χ1v) is 5.76. The average Bonchev–Trinajstić information content (AvgIpc) is 2.85. The molecule has 0 radical (unpaired) electrons. The molecule has 0 fully saturated rings. The van der Waals surface area contributed by atoms with Crippen LogP contribution in [-0.2, 0) is 20.9 Å². The molecule has 1 aromatic heterocycles. The Balaban J connectivity index is 2.44. The summed E-state index contributed by atoms with van der Waals surface area (Å²) in [6.07, 6.45) is 3.46. The van der Waals surface area contributed by atoms with Crippen molar-refractivity contribution in [2.75, 3.05) is 7.11 Å². The van der Waals surface area contributed by atoms with Gasteiger partial charge in [0.05, 0.1) is 19.9 Å². The summed E-state index contributed by atoms with van der Waals surface area (Å²) >= 11 is 0. The second-order valence-electron chi connectivity index (χ2n) is 4.23. The number of methoxy groups -OCH3 is 1. The van der Waals surface area contributed by atoms with Gasteiger partial charge in [0.25, 0.3) is 0 Å². The highest BCUT2D eigenvalue weighted by atomic mass is 16.5.